The summed E-state index contributed by atoms with van der Waals surface area (Å²) in [6, 6.07) is 6.44. The smallest absolute Gasteiger partial charge is 0.0733 e. The van der Waals surface area contributed by atoms with Crippen molar-refractivity contribution < 1.29 is 0 Å². The van der Waals surface area contributed by atoms with Gasteiger partial charge in [-0.25, -0.2) is 0 Å². The Bertz CT molecular complexity index is 489. The zero-order valence-corrected chi connectivity index (χ0v) is 9.25. The Kier molecular flexibility index (Phi) is 2.69. The van der Waals surface area contributed by atoms with Crippen LogP contribution < -0.4 is 5.73 Å². The van der Waals surface area contributed by atoms with Gasteiger partial charge in [-0.2, -0.15) is 0 Å². The van der Waals surface area contributed by atoms with Gasteiger partial charge in [0.25, 0.3) is 0 Å². The van der Waals surface area contributed by atoms with Gasteiger partial charge in [-0.1, -0.05) is 6.07 Å². The molecule has 0 atom stereocenters. The SMILES string of the molecule is Cc1ccnc2c(C)cc(CCN)cc12. The van der Waals surface area contributed by atoms with Crippen molar-refractivity contribution in [3.63, 3.8) is 0 Å². The van der Waals surface area contributed by atoms with E-state index >= 15 is 0 Å². The third-order valence-electron chi connectivity index (χ3n) is 2.75. The number of nitrogens with two attached hydrogens (primary N) is 1. The molecule has 0 saturated carbocycles. The van der Waals surface area contributed by atoms with Gasteiger partial charge in [0.2, 0.25) is 0 Å². The average Bonchev–Trinajstić information content (AvgIpc) is 2.20. The lowest BCUT2D eigenvalue weighted by Gasteiger charge is -2.07. The van der Waals surface area contributed by atoms with E-state index in [1.807, 2.05) is 12.3 Å². The molecule has 15 heavy (non-hydrogen) atoms. The molecule has 2 rings (SSSR count). The largest absolute Gasteiger partial charge is 0.330 e. The Morgan fingerprint density at radius 3 is 2.73 bits per heavy atom. The molecular formula is C13H16N2. The summed E-state index contributed by atoms with van der Waals surface area (Å²) in [5.41, 5.74) is 10.5. The molecule has 0 bridgehead atoms. The summed E-state index contributed by atoms with van der Waals surface area (Å²) in [5, 5.41) is 1.25. The average molecular weight is 200 g/mol. The van der Waals surface area contributed by atoms with E-state index in [1.165, 1.54) is 22.1 Å². The number of hydrogen-bond donors (Lipinski definition) is 1. The summed E-state index contributed by atoms with van der Waals surface area (Å²) in [7, 11) is 0. The van der Waals surface area contributed by atoms with Crippen LogP contribution in [-0.4, -0.2) is 11.5 Å². The quantitative estimate of drug-likeness (QED) is 0.808. The molecular weight excluding hydrogens is 184 g/mol. The molecule has 0 aliphatic carbocycles. The molecule has 0 amide bonds. The molecule has 1 aromatic heterocycles. The third kappa shape index (κ3) is 1.85. The highest BCUT2D eigenvalue weighted by Crippen LogP contribution is 2.21. The summed E-state index contributed by atoms with van der Waals surface area (Å²) >= 11 is 0. The summed E-state index contributed by atoms with van der Waals surface area (Å²) in [6.07, 6.45) is 2.80. The fraction of sp³-hybridized carbons (Fsp3) is 0.308. The first-order valence-corrected chi connectivity index (χ1v) is 5.27. The van der Waals surface area contributed by atoms with Crippen molar-refractivity contribution in [3.05, 3.63) is 41.1 Å². The molecule has 0 unspecified atom stereocenters. The molecule has 0 saturated heterocycles. The molecule has 0 aliphatic heterocycles. The van der Waals surface area contributed by atoms with Gasteiger partial charge < -0.3 is 5.73 Å². The van der Waals surface area contributed by atoms with Crippen LogP contribution in [0.2, 0.25) is 0 Å². The molecule has 1 aromatic carbocycles. The van der Waals surface area contributed by atoms with Gasteiger partial charge in [-0.05, 0) is 55.6 Å². The van der Waals surface area contributed by atoms with Gasteiger partial charge in [0, 0.05) is 11.6 Å². The van der Waals surface area contributed by atoms with Crippen LogP contribution in [0.1, 0.15) is 16.7 Å². The minimum Gasteiger partial charge on any atom is -0.330 e. The van der Waals surface area contributed by atoms with E-state index in [4.69, 9.17) is 5.73 Å². The second kappa shape index (κ2) is 3.99. The lowest BCUT2D eigenvalue weighted by Crippen LogP contribution is -2.03. The first-order valence-electron chi connectivity index (χ1n) is 5.27. The number of rotatable bonds is 2. The van der Waals surface area contributed by atoms with Crippen molar-refractivity contribution in [3.8, 4) is 0 Å². The van der Waals surface area contributed by atoms with Crippen molar-refractivity contribution in [2.75, 3.05) is 6.54 Å². The Morgan fingerprint density at radius 1 is 1.20 bits per heavy atom. The number of nitrogens with zero attached hydrogens (tertiary/aromatic N) is 1. The van der Waals surface area contributed by atoms with Crippen LogP contribution in [0.3, 0.4) is 0 Å². The van der Waals surface area contributed by atoms with Gasteiger partial charge in [0.15, 0.2) is 0 Å². The monoisotopic (exact) mass is 200 g/mol. The van der Waals surface area contributed by atoms with Gasteiger partial charge in [0.1, 0.15) is 0 Å². The van der Waals surface area contributed by atoms with Crippen LogP contribution in [0, 0.1) is 13.8 Å². The Balaban J connectivity index is 2.68. The summed E-state index contributed by atoms with van der Waals surface area (Å²) < 4.78 is 0. The Morgan fingerprint density at radius 2 is 2.00 bits per heavy atom. The molecule has 2 nitrogen and oxygen atoms in total. The second-order valence-corrected chi connectivity index (χ2v) is 3.98. The van der Waals surface area contributed by atoms with Crippen LogP contribution in [0.25, 0.3) is 10.9 Å². The highest BCUT2D eigenvalue weighted by molar-refractivity contribution is 5.85. The maximum absolute atomic E-state index is 5.58. The zero-order valence-electron chi connectivity index (χ0n) is 9.25. The molecule has 0 aliphatic rings. The molecule has 2 aromatic rings. The lowest BCUT2D eigenvalue weighted by atomic mass is 10.0. The fourth-order valence-corrected chi connectivity index (χ4v) is 1.95. The Labute approximate surface area is 90.1 Å². The van der Waals surface area contributed by atoms with Crippen LogP contribution in [0.15, 0.2) is 24.4 Å². The maximum Gasteiger partial charge on any atom is 0.0733 e. The predicted octanol–water partition coefficient (Wildman–Crippen LogP) is 2.35. The number of fused-ring (bicyclic) bond motifs is 1. The van der Waals surface area contributed by atoms with Gasteiger partial charge >= 0.3 is 0 Å². The van der Waals surface area contributed by atoms with E-state index < -0.39 is 0 Å². The topological polar surface area (TPSA) is 38.9 Å². The maximum atomic E-state index is 5.58. The van der Waals surface area contributed by atoms with E-state index in [0.717, 1.165) is 11.9 Å². The molecule has 0 radical (unpaired) electrons. The standard InChI is InChI=1S/C13H16N2/c1-9-4-6-15-13-10(2)7-11(3-5-14)8-12(9)13/h4,6-8H,3,5,14H2,1-2H3. The van der Waals surface area contributed by atoms with Crippen LogP contribution in [0.5, 0.6) is 0 Å². The molecule has 2 heteroatoms. The number of benzene rings is 1. The minimum atomic E-state index is 0.699. The van der Waals surface area contributed by atoms with Gasteiger partial charge in [-0.3, -0.25) is 4.98 Å². The molecule has 2 N–H and O–H groups in total. The van der Waals surface area contributed by atoms with Crippen molar-refractivity contribution in [1.29, 1.82) is 0 Å². The summed E-state index contributed by atoms with van der Waals surface area (Å²) in [5.74, 6) is 0. The van der Waals surface area contributed by atoms with Crippen molar-refractivity contribution in [1.82, 2.24) is 4.98 Å². The van der Waals surface area contributed by atoms with Crippen molar-refractivity contribution in [2.45, 2.75) is 20.3 Å². The van der Waals surface area contributed by atoms with Crippen LogP contribution in [0.4, 0.5) is 0 Å². The number of aryl methyl sites for hydroxylation is 2. The minimum absolute atomic E-state index is 0.699. The molecule has 78 valence electrons. The normalized spacial score (nSPS) is 10.9. The van der Waals surface area contributed by atoms with Gasteiger partial charge in [-0.15, -0.1) is 0 Å². The van der Waals surface area contributed by atoms with E-state index in [-0.39, 0.29) is 0 Å². The summed E-state index contributed by atoms with van der Waals surface area (Å²) in [4.78, 5) is 4.41. The van der Waals surface area contributed by atoms with E-state index in [1.54, 1.807) is 0 Å². The summed E-state index contributed by atoms with van der Waals surface area (Å²) in [6.45, 7) is 4.93. The van der Waals surface area contributed by atoms with Crippen molar-refractivity contribution >= 4 is 10.9 Å². The molecule has 0 spiro atoms. The number of pyridine rings is 1. The first kappa shape index (κ1) is 10.1. The molecule has 0 fully saturated rings. The van der Waals surface area contributed by atoms with Crippen molar-refractivity contribution in [2.24, 2.45) is 5.73 Å². The lowest BCUT2D eigenvalue weighted by molar-refractivity contribution is 0.968. The van der Waals surface area contributed by atoms with Crippen LogP contribution in [-0.2, 0) is 6.42 Å². The van der Waals surface area contributed by atoms with E-state index in [9.17, 15) is 0 Å². The number of aromatic nitrogens is 1. The second-order valence-electron chi connectivity index (χ2n) is 3.98. The first-order chi connectivity index (χ1) is 7.22. The highest BCUT2D eigenvalue weighted by atomic mass is 14.6. The van der Waals surface area contributed by atoms with E-state index in [2.05, 4.69) is 31.0 Å². The highest BCUT2D eigenvalue weighted by Gasteiger charge is 2.03. The third-order valence-corrected chi connectivity index (χ3v) is 2.75. The fourth-order valence-electron chi connectivity index (χ4n) is 1.95. The zero-order chi connectivity index (χ0) is 10.8. The Hall–Kier alpha value is -1.41. The predicted molar refractivity (Wildman–Crippen MR) is 64.0 cm³/mol. The van der Waals surface area contributed by atoms with Crippen LogP contribution >= 0.6 is 0 Å². The number of hydrogen-bond acceptors (Lipinski definition) is 2. The van der Waals surface area contributed by atoms with Gasteiger partial charge in [0.05, 0.1) is 5.52 Å². The van der Waals surface area contributed by atoms with E-state index in [0.29, 0.717) is 6.54 Å². The molecule has 1 heterocycles.